The molecule has 16 aliphatic rings. The van der Waals surface area contributed by atoms with E-state index in [4.69, 9.17) is 71.1 Å². The third-order valence-electron chi connectivity index (χ3n) is 22.0. The van der Waals surface area contributed by atoms with E-state index in [1.54, 1.807) is 0 Å². The van der Waals surface area contributed by atoms with Gasteiger partial charge in [-0.3, -0.25) is 4.79 Å². The second-order valence-corrected chi connectivity index (χ2v) is 27.8. The molecule has 0 aromatic rings. The Kier molecular flexibility index (Phi) is 13.8. The summed E-state index contributed by atoms with van der Waals surface area (Å²) in [7, 11) is 0. The molecule has 0 aromatic heterocycles. The Hall–Kier alpha value is -1.77. The van der Waals surface area contributed by atoms with Crippen LogP contribution in [-0.2, 0) is 75.8 Å². The highest BCUT2D eigenvalue weighted by Crippen LogP contribution is 2.59. The molecule has 2 unspecified atom stereocenters. The second-order valence-electron chi connectivity index (χ2n) is 27.8. The molecule has 20 nitrogen and oxygen atoms in total. The highest BCUT2D eigenvalue weighted by Gasteiger charge is 2.75. The van der Waals surface area contributed by atoms with Gasteiger partial charge in [-0.2, -0.15) is 0 Å². The van der Waals surface area contributed by atoms with Crippen LogP contribution in [0.5, 0.6) is 0 Å². The van der Waals surface area contributed by atoms with Crippen molar-refractivity contribution >= 4 is 5.97 Å². The highest BCUT2D eigenvalue weighted by atomic mass is 16.8. The molecule has 16 fully saturated rings. The van der Waals surface area contributed by atoms with Crippen molar-refractivity contribution in [2.75, 3.05) is 6.61 Å². The lowest BCUT2D eigenvalue weighted by Gasteiger charge is -2.50. The summed E-state index contributed by atoms with van der Waals surface area (Å²) in [5, 5.41) is 42.3. The van der Waals surface area contributed by atoms with Crippen molar-refractivity contribution in [3.63, 3.8) is 0 Å². The van der Waals surface area contributed by atoms with Gasteiger partial charge >= 0.3 is 5.97 Å². The largest absolute Gasteiger partial charge is 0.459 e. The minimum Gasteiger partial charge on any atom is -0.459 e. The Balaban J connectivity index is 0.658. The smallest absolute Gasteiger partial charge is 0.308 e. The van der Waals surface area contributed by atoms with Crippen molar-refractivity contribution in [1.82, 2.24) is 0 Å². The summed E-state index contributed by atoms with van der Waals surface area (Å²) < 4.78 is 103. The number of carbonyl (C=O) groups is 1. The fourth-order valence-electron chi connectivity index (χ4n) is 18.2. The number of hydrogen-bond acceptors (Lipinski definition) is 20. The third-order valence-corrected chi connectivity index (χ3v) is 22.0. The van der Waals surface area contributed by atoms with Crippen LogP contribution < -0.4 is 0 Å². The molecular formula is C60H86O20. The lowest BCUT2D eigenvalue weighted by Crippen LogP contribution is -2.62. The standard InChI is InChI=1S/C60H86O20/c1-26-13-33-7-9-37-27(2)14-35(66-37)11-12-57-25-60(65)56(80-57)55-54(79-60)53(78-57)52-38(70-55)10-8-34(68-52)16-47(64)73-51-31(6)50-43(69-42(51)17-39(67-33)30(26)5)19-41-45(72-50)22-59(74-41)23-46-49(77-59)29(4)21-58(76-46)20-28(3)48-44(75-58)18-40(71-48)36(63)15-32(62)24-61/h26,28-29,31-46,48-56,61-63,65H,2,5,7-25H2,1,3-4,6H3/t26-,28+,29+,31+,32-,33+,34-,35+,36+,37+,38+,39-,40+,41-,42+,43+,44+,45-,46+,48+,49+,50+,51-,52+,53+,54+,55-,56?,57-,58-,59+,60?/m1/s1. The summed E-state index contributed by atoms with van der Waals surface area (Å²) in [6.45, 7) is 17.3. The topological polar surface area (TPSA) is 236 Å². The zero-order valence-corrected chi connectivity index (χ0v) is 46.8. The fraction of sp³-hybridized carbons (Fsp3) is 0.917. The summed E-state index contributed by atoms with van der Waals surface area (Å²) in [5.74, 6) is -4.74. The summed E-state index contributed by atoms with van der Waals surface area (Å²) in [5.41, 5.74) is 2.08. The lowest BCUT2D eigenvalue weighted by molar-refractivity contribution is -0.347. The van der Waals surface area contributed by atoms with Gasteiger partial charge in [0.1, 0.15) is 36.6 Å². The van der Waals surface area contributed by atoms with Crippen LogP contribution in [0.15, 0.2) is 24.3 Å². The molecule has 0 aliphatic carbocycles. The minimum atomic E-state index is -1.55. The van der Waals surface area contributed by atoms with Crippen molar-refractivity contribution in [3.8, 4) is 0 Å². The van der Waals surface area contributed by atoms with Crippen LogP contribution in [-0.4, -0.2) is 203 Å². The van der Waals surface area contributed by atoms with Gasteiger partial charge in [0, 0.05) is 63.7 Å². The number of esters is 1. The van der Waals surface area contributed by atoms with Gasteiger partial charge in [-0.1, -0.05) is 40.9 Å². The van der Waals surface area contributed by atoms with Gasteiger partial charge in [0.05, 0.1) is 129 Å². The van der Waals surface area contributed by atoms with Crippen LogP contribution in [0.4, 0.5) is 0 Å². The van der Waals surface area contributed by atoms with Crippen molar-refractivity contribution in [1.29, 1.82) is 0 Å². The molecule has 0 amide bonds. The van der Waals surface area contributed by atoms with E-state index in [0.717, 1.165) is 36.8 Å². The Morgan fingerprint density at radius 2 is 1.25 bits per heavy atom. The van der Waals surface area contributed by atoms with E-state index >= 15 is 0 Å². The number of rotatable bonds is 4. The highest BCUT2D eigenvalue weighted by molar-refractivity contribution is 5.70. The van der Waals surface area contributed by atoms with Crippen LogP contribution in [0, 0.1) is 23.7 Å². The van der Waals surface area contributed by atoms with Crippen molar-refractivity contribution in [2.24, 2.45) is 23.7 Å². The van der Waals surface area contributed by atoms with E-state index in [0.29, 0.717) is 70.6 Å². The number of carbonyl (C=O) groups excluding carboxylic acids is 1. The molecule has 16 aliphatic heterocycles. The van der Waals surface area contributed by atoms with Crippen molar-refractivity contribution in [2.45, 2.75) is 313 Å². The van der Waals surface area contributed by atoms with Gasteiger partial charge in [-0.15, -0.1) is 0 Å². The average molecular weight is 1130 g/mol. The molecule has 16 rings (SSSR count). The maximum Gasteiger partial charge on any atom is 0.308 e. The van der Waals surface area contributed by atoms with E-state index < -0.39 is 103 Å². The molecule has 0 aromatic carbocycles. The summed E-state index contributed by atoms with van der Waals surface area (Å²) >= 11 is 0. The minimum absolute atomic E-state index is 0.0152. The van der Waals surface area contributed by atoms with Gasteiger partial charge in [0.25, 0.3) is 0 Å². The number of aliphatic hydroxyl groups excluding tert-OH is 3. The molecule has 20 heteroatoms. The fourth-order valence-corrected chi connectivity index (χ4v) is 18.2. The average Bonchev–Trinajstić information content (AvgIpc) is 4.40. The lowest BCUT2D eigenvalue weighted by atomic mass is 9.79. The van der Waals surface area contributed by atoms with Gasteiger partial charge in [-0.25, -0.2) is 0 Å². The molecular weight excluding hydrogens is 1040 g/mol. The quantitative estimate of drug-likeness (QED) is 0.228. The Labute approximate surface area is 468 Å². The number of aliphatic hydroxyl groups is 4. The van der Waals surface area contributed by atoms with Gasteiger partial charge in [0.2, 0.25) is 5.79 Å². The Morgan fingerprint density at radius 1 is 0.550 bits per heavy atom. The first kappa shape index (κ1) is 54.9. The summed E-state index contributed by atoms with van der Waals surface area (Å²) in [6, 6.07) is 0. The van der Waals surface area contributed by atoms with Crippen LogP contribution in [0.3, 0.4) is 0 Å². The third kappa shape index (κ3) is 9.31. The summed E-state index contributed by atoms with van der Waals surface area (Å²) in [6.07, 6.45) is -0.945. The predicted molar refractivity (Wildman–Crippen MR) is 275 cm³/mol. The first-order valence-corrected chi connectivity index (χ1v) is 30.9. The molecule has 446 valence electrons. The van der Waals surface area contributed by atoms with E-state index in [1.165, 1.54) is 0 Å². The first-order chi connectivity index (χ1) is 38.3. The number of fused-ring (bicyclic) bond motifs is 10. The Morgan fingerprint density at radius 3 is 2.09 bits per heavy atom. The van der Waals surface area contributed by atoms with Crippen LogP contribution >= 0.6 is 0 Å². The normalized spacial score (nSPS) is 57.6. The van der Waals surface area contributed by atoms with Crippen LogP contribution in [0.25, 0.3) is 0 Å². The van der Waals surface area contributed by atoms with Gasteiger partial charge in [0.15, 0.2) is 17.4 Å². The monoisotopic (exact) mass is 1130 g/mol. The van der Waals surface area contributed by atoms with Crippen LogP contribution in [0.1, 0.15) is 143 Å². The van der Waals surface area contributed by atoms with E-state index in [2.05, 4.69) is 40.9 Å². The van der Waals surface area contributed by atoms with E-state index in [-0.39, 0.29) is 122 Å². The molecule has 16 heterocycles. The zero-order valence-electron chi connectivity index (χ0n) is 46.8. The van der Waals surface area contributed by atoms with Crippen molar-refractivity contribution < 1.29 is 96.3 Å². The molecule has 16 saturated heterocycles. The molecule has 12 bridgehead atoms. The van der Waals surface area contributed by atoms with Gasteiger partial charge < -0.3 is 91.5 Å². The molecule has 4 N–H and O–H groups in total. The SMILES string of the molecule is C=C1C[C@@H]2CC[C@@]34CC5(O)O[C@H]6[C@@H](O3)[C@H]3O[C@H](CC[C@@H]3O[C@H]6C5O4)CC(=O)O[C@@H]3[C@@H](C)[C@@H]4O[C@@H]5C[C@]6(C[C@@H]7O[C@]8(C[C@H](C)[C@@H]9O[C@H]([C@@H](O)C[C@@H](O)CO)C[C@@H]9O8)C[C@H](C)[C@@H]7O6)O[C@@H]5C[C@@H]4O[C@H]3C[C@H]3O[C@@H](CC[C@@H]1O2)C[C@@H](C)C3=C. The maximum atomic E-state index is 14.6. The zero-order chi connectivity index (χ0) is 54.9. The summed E-state index contributed by atoms with van der Waals surface area (Å²) in [4.78, 5) is 14.6. The molecule has 3 spiro atoms. The molecule has 0 saturated carbocycles. The number of hydrogen-bond donors (Lipinski definition) is 4. The van der Waals surface area contributed by atoms with E-state index in [1.807, 2.05) is 0 Å². The van der Waals surface area contributed by atoms with Crippen LogP contribution in [0.2, 0.25) is 0 Å². The predicted octanol–water partition coefficient (Wildman–Crippen LogP) is 4.25. The first-order valence-electron chi connectivity index (χ1n) is 30.9. The number of ether oxygens (including phenoxy) is 15. The molecule has 0 radical (unpaired) electrons. The maximum absolute atomic E-state index is 14.6. The Bertz CT molecular complexity index is 2400. The van der Waals surface area contributed by atoms with Crippen molar-refractivity contribution in [3.05, 3.63) is 24.3 Å². The second kappa shape index (κ2) is 20.2. The van der Waals surface area contributed by atoms with Gasteiger partial charge in [-0.05, 0) is 73.8 Å². The molecule has 80 heavy (non-hydrogen) atoms. The van der Waals surface area contributed by atoms with E-state index in [9.17, 15) is 25.2 Å². The molecule has 32 atom stereocenters.